The topological polar surface area (TPSA) is 3.24 Å². The van der Waals surface area contributed by atoms with E-state index < -0.39 is 0 Å². The largest absolute Gasteiger partial charge is 0.309 e. The summed E-state index contributed by atoms with van der Waals surface area (Å²) in [5.74, 6) is 0. The molecular weight excluding hydrogens is 575 g/mol. The van der Waals surface area contributed by atoms with Crippen LogP contribution in [0, 0.1) is 0 Å². The Morgan fingerprint density at radius 1 is 0.370 bits per heavy atom. The molecule has 9 aromatic rings. The summed E-state index contributed by atoms with van der Waals surface area (Å²) in [6.07, 6.45) is 0. The van der Waals surface area contributed by atoms with Crippen LogP contribution >= 0.6 is 11.3 Å². The third kappa shape index (κ3) is 4.38. The van der Waals surface area contributed by atoms with Crippen molar-refractivity contribution in [2.24, 2.45) is 0 Å². The SMILES string of the molecule is c1ccc(-c2ccc(N(c3ccccc3-c3cccc4ccccc34)c3cccc4sc5c6ccccc6ccc5c34)cc2)cc1. The number of benzene rings is 8. The monoisotopic (exact) mass is 603 g/mol. The number of fused-ring (bicyclic) bond motifs is 6. The standard InChI is InChI=1S/C44H29NS/c1-2-12-30(13-3-1)31-24-27-34(28-25-31)45(40-21-9-8-19-38(40)37-20-10-16-32-14-4-6-17-35(32)37)41-22-11-23-42-43(41)39-29-26-33-15-5-7-18-36(33)44(39)46-42/h1-29H. The van der Waals surface area contributed by atoms with E-state index in [0.29, 0.717) is 0 Å². The first-order valence-electron chi connectivity index (χ1n) is 15.7. The van der Waals surface area contributed by atoms with E-state index in [4.69, 9.17) is 0 Å². The van der Waals surface area contributed by atoms with Crippen LogP contribution in [0.15, 0.2) is 176 Å². The lowest BCUT2D eigenvalue weighted by atomic mass is 9.95. The fourth-order valence-electron chi connectivity index (χ4n) is 6.92. The molecule has 0 N–H and O–H groups in total. The highest BCUT2D eigenvalue weighted by Crippen LogP contribution is 2.49. The van der Waals surface area contributed by atoms with Crippen LogP contribution in [0.1, 0.15) is 0 Å². The summed E-state index contributed by atoms with van der Waals surface area (Å²) < 4.78 is 2.62. The second-order valence-electron chi connectivity index (χ2n) is 11.7. The average molecular weight is 604 g/mol. The van der Waals surface area contributed by atoms with Gasteiger partial charge in [0.2, 0.25) is 0 Å². The van der Waals surface area contributed by atoms with Crippen molar-refractivity contribution in [3.63, 3.8) is 0 Å². The van der Waals surface area contributed by atoms with Crippen LogP contribution in [-0.4, -0.2) is 0 Å². The molecule has 0 aliphatic rings. The van der Waals surface area contributed by atoms with Crippen molar-refractivity contribution in [3.05, 3.63) is 176 Å². The minimum Gasteiger partial charge on any atom is -0.309 e. The van der Waals surface area contributed by atoms with Crippen molar-refractivity contribution in [1.29, 1.82) is 0 Å². The Labute approximate surface area is 272 Å². The number of nitrogens with zero attached hydrogens (tertiary/aromatic N) is 1. The fourth-order valence-corrected chi connectivity index (χ4v) is 8.18. The first kappa shape index (κ1) is 26.7. The first-order valence-corrected chi connectivity index (χ1v) is 16.5. The Bertz CT molecular complexity index is 2520. The van der Waals surface area contributed by atoms with Crippen LogP contribution in [0.3, 0.4) is 0 Å². The summed E-state index contributed by atoms with van der Waals surface area (Å²) in [5, 5.41) is 7.66. The van der Waals surface area contributed by atoms with Gasteiger partial charge in [-0.2, -0.15) is 0 Å². The average Bonchev–Trinajstić information content (AvgIpc) is 3.53. The number of para-hydroxylation sites is 1. The molecule has 1 heterocycles. The molecule has 0 unspecified atom stereocenters. The van der Waals surface area contributed by atoms with E-state index in [0.717, 1.165) is 11.4 Å². The Morgan fingerprint density at radius 2 is 0.978 bits per heavy atom. The van der Waals surface area contributed by atoms with Gasteiger partial charge in [0.25, 0.3) is 0 Å². The lowest BCUT2D eigenvalue weighted by molar-refractivity contribution is 1.30. The molecule has 8 aromatic carbocycles. The van der Waals surface area contributed by atoms with E-state index in [9.17, 15) is 0 Å². The molecule has 0 fully saturated rings. The first-order chi connectivity index (χ1) is 22.8. The van der Waals surface area contributed by atoms with Crippen LogP contribution in [0.4, 0.5) is 17.1 Å². The maximum atomic E-state index is 2.47. The summed E-state index contributed by atoms with van der Waals surface area (Å²) in [6.45, 7) is 0. The van der Waals surface area contributed by atoms with Crippen molar-refractivity contribution in [1.82, 2.24) is 0 Å². The van der Waals surface area contributed by atoms with Crippen molar-refractivity contribution < 1.29 is 0 Å². The van der Waals surface area contributed by atoms with Gasteiger partial charge in [-0.25, -0.2) is 0 Å². The predicted molar refractivity (Wildman–Crippen MR) is 200 cm³/mol. The molecular formula is C44H29NS. The second-order valence-corrected chi connectivity index (χ2v) is 12.8. The van der Waals surface area contributed by atoms with Gasteiger partial charge in [0.1, 0.15) is 0 Å². The van der Waals surface area contributed by atoms with Gasteiger partial charge in [0.05, 0.1) is 11.4 Å². The van der Waals surface area contributed by atoms with Crippen molar-refractivity contribution in [3.8, 4) is 22.3 Å². The van der Waals surface area contributed by atoms with Crippen LogP contribution in [-0.2, 0) is 0 Å². The maximum absolute atomic E-state index is 2.47. The Morgan fingerprint density at radius 3 is 1.83 bits per heavy atom. The van der Waals surface area contributed by atoms with Crippen LogP contribution < -0.4 is 4.90 Å². The number of hydrogen-bond donors (Lipinski definition) is 0. The van der Waals surface area contributed by atoms with Gasteiger partial charge in [-0.3, -0.25) is 0 Å². The predicted octanol–water partition coefficient (Wildman–Crippen LogP) is 13.2. The molecule has 0 bridgehead atoms. The van der Waals surface area contributed by atoms with Crippen LogP contribution in [0.5, 0.6) is 0 Å². The summed E-state index contributed by atoms with van der Waals surface area (Å²) in [5.41, 5.74) is 8.31. The molecule has 0 aliphatic carbocycles. The van der Waals surface area contributed by atoms with Gasteiger partial charge in [-0.1, -0.05) is 146 Å². The zero-order valence-corrected chi connectivity index (χ0v) is 25.9. The molecule has 216 valence electrons. The Balaban J connectivity index is 1.33. The molecule has 0 saturated carbocycles. The van der Waals surface area contributed by atoms with Gasteiger partial charge in [-0.05, 0) is 68.6 Å². The number of thiophene rings is 1. The second kappa shape index (κ2) is 11.0. The van der Waals surface area contributed by atoms with Gasteiger partial charge in [0.15, 0.2) is 0 Å². The molecule has 0 aliphatic heterocycles. The summed E-state index contributed by atoms with van der Waals surface area (Å²) in [4.78, 5) is 2.47. The lowest BCUT2D eigenvalue weighted by Crippen LogP contribution is -2.11. The molecule has 0 radical (unpaired) electrons. The van der Waals surface area contributed by atoms with Crippen LogP contribution in [0.2, 0.25) is 0 Å². The molecule has 0 atom stereocenters. The Kier molecular flexibility index (Phi) is 6.40. The molecule has 0 saturated heterocycles. The van der Waals surface area contributed by atoms with Gasteiger partial charge >= 0.3 is 0 Å². The van der Waals surface area contributed by atoms with Crippen LogP contribution in [0.25, 0.3) is 64.0 Å². The molecule has 1 aromatic heterocycles. The molecule has 0 spiro atoms. The van der Waals surface area contributed by atoms with E-state index in [1.807, 2.05) is 11.3 Å². The highest BCUT2D eigenvalue weighted by molar-refractivity contribution is 7.26. The van der Waals surface area contributed by atoms with E-state index in [-0.39, 0.29) is 0 Å². The van der Waals surface area contributed by atoms with Crippen molar-refractivity contribution >= 4 is 70.1 Å². The van der Waals surface area contributed by atoms with Gasteiger partial charge in [-0.15, -0.1) is 11.3 Å². The van der Waals surface area contributed by atoms with Crippen molar-refractivity contribution in [2.75, 3.05) is 4.90 Å². The Hall–Kier alpha value is -5.70. The smallest absolute Gasteiger partial charge is 0.0555 e. The lowest BCUT2D eigenvalue weighted by Gasteiger charge is -2.29. The fraction of sp³-hybridized carbons (Fsp3) is 0. The quantitative estimate of drug-likeness (QED) is 0.189. The van der Waals surface area contributed by atoms with E-state index in [1.54, 1.807) is 0 Å². The van der Waals surface area contributed by atoms with E-state index in [1.165, 1.54) is 69.7 Å². The third-order valence-electron chi connectivity index (χ3n) is 9.06. The third-order valence-corrected chi connectivity index (χ3v) is 10.3. The number of rotatable bonds is 5. The highest BCUT2D eigenvalue weighted by Gasteiger charge is 2.22. The minimum atomic E-state index is 1.13. The molecule has 46 heavy (non-hydrogen) atoms. The summed E-state index contributed by atoms with van der Waals surface area (Å²) >= 11 is 1.89. The molecule has 2 heteroatoms. The normalized spacial score (nSPS) is 11.5. The van der Waals surface area contributed by atoms with Gasteiger partial charge in [0, 0.05) is 31.4 Å². The number of hydrogen-bond acceptors (Lipinski definition) is 2. The van der Waals surface area contributed by atoms with E-state index in [2.05, 4.69) is 181 Å². The van der Waals surface area contributed by atoms with Crippen molar-refractivity contribution in [2.45, 2.75) is 0 Å². The van der Waals surface area contributed by atoms with Gasteiger partial charge < -0.3 is 4.90 Å². The zero-order valence-electron chi connectivity index (χ0n) is 25.1. The molecule has 0 amide bonds. The molecule has 9 rings (SSSR count). The highest BCUT2D eigenvalue weighted by atomic mass is 32.1. The van der Waals surface area contributed by atoms with E-state index >= 15 is 0 Å². The number of anilines is 3. The molecule has 1 nitrogen and oxygen atoms in total. The minimum absolute atomic E-state index is 1.13. The maximum Gasteiger partial charge on any atom is 0.0555 e. The zero-order chi connectivity index (χ0) is 30.5. The summed E-state index contributed by atoms with van der Waals surface area (Å²) in [7, 11) is 0. The summed E-state index contributed by atoms with van der Waals surface area (Å²) in [6, 6.07) is 63.9.